The molecule has 0 saturated carbocycles. The average Bonchev–Trinajstić information content (AvgIpc) is 3.57. The molecule has 0 saturated heterocycles. The van der Waals surface area contributed by atoms with E-state index in [4.69, 9.17) is 16.2 Å². The molecule has 2 aromatic carbocycles. The van der Waals surface area contributed by atoms with Crippen molar-refractivity contribution in [3.8, 4) is 0 Å². The molecule has 0 spiro atoms. The molecule has 3 atom stereocenters. The predicted molar refractivity (Wildman–Crippen MR) is 192 cm³/mol. The molecule has 0 aliphatic carbocycles. The monoisotopic (exact) mass is 761 g/mol. The Bertz CT molecular complexity index is 1860. The van der Waals surface area contributed by atoms with Gasteiger partial charge in [0.1, 0.15) is 0 Å². The molecule has 0 aliphatic heterocycles. The van der Waals surface area contributed by atoms with E-state index in [9.17, 15) is 23.1 Å². The summed E-state index contributed by atoms with van der Waals surface area (Å²) in [4.78, 5) is 30.7. The van der Waals surface area contributed by atoms with Gasteiger partial charge in [-0.25, -0.2) is 23.1 Å². The molecule has 16 heteroatoms. The van der Waals surface area contributed by atoms with Gasteiger partial charge in [0.25, 0.3) is 15.9 Å². The van der Waals surface area contributed by atoms with Gasteiger partial charge in [0.05, 0.1) is 37.7 Å². The van der Waals surface area contributed by atoms with E-state index in [0.29, 0.717) is 28.9 Å². The lowest BCUT2D eigenvalue weighted by Crippen LogP contribution is -2.53. The van der Waals surface area contributed by atoms with E-state index in [0.717, 1.165) is 23.7 Å². The second kappa shape index (κ2) is 16.5. The van der Waals surface area contributed by atoms with Crippen molar-refractivity contribution in [3.63, 3.8) is 0 Å². The van der Waals surface area contributed by atoms with Gasteiger partial charge < -0.3 is 21.3 Å². The highest BCUT2D eigenvalue weighted by Crippen LogP contribution is 2.44. The number of ether oxygens (including phenoxy) is 1. The maximum Gasteiger partial charge on any atom is 0.417 e. The number of thiophene rings is 1. The first-order chi connectivity index (χ1) is 24.4. The van der Waals surface area contributed by atoms with Gasteiger partial charge in [0, 0.05) is 22.2 Å². The Morgan fingerprint density at radius 1 is 0.923 bits per heavy atom. The first-order valence-electron chi connectivity index (χ1n) is 16.2. The normalized spacial score (nSPS) is 14.2. The molecular weight excluding hydrogens is 720 g/mol. The van der Waals surface area contributed by atoms with Crippen molar-refractivity contribution in [3.05, 3.63) is 112 Å². The fourth-order valence-corrected chi connectivity index (χ4v) is 8.47. The number of carbonyl (C=O) groups is 2. The van der Waals surface area contributed by atoms with Gasteiger partial charge in [-0.05, 0) is 47.2 Å². The first-order valence-corrected chi connectivity index (χ1v) is 18.4. The van der Waals surface area contributed by atoms with Crippen LogP contribution in [0.3, 0.4) is 0 Å². The Hall–Kier alpha value is -4.35. The number of nitrogen functional groups attached to an aromatic ring is 1. The second-order valence-corrected chi connectivity index (χ2v) is 16.2. The maximum atomic E-state index is 15.2. The number of anilines is 1. The summed E-state index contributed by atoms with van der Waals surface area (Å²) in [5.74, 6) is -2.30. The SMILES string of the molecule is COC(=O)N(C(=O)[C@@H](N)C(c1ccccc1)c1ccccc1)[C@H](c1ccc([C@@H](CO)N(CCC(C)(C)C)S(=O)(=O)c2ccc(N)cn2)s1)C(F)(F)F. The van der Waals surface area contributed by atoms with Crippen molar-refractivity contribution in [1.29, 1.82) is 0 Å². The van der Waals surface area contributed by atoms with E-state index in [1.54, 1.807) is 60.7 Å². The van der Waals surface area contributed by atoms with E-state index < -0.39 is 63.7 Å². The fourth-order valence-electron chi connectivity index (χ4n) is 5.66. The molecule has 0 unspecified atom stereocenters. The molecular formula is C36H42F3N5O6S2. The zero-order chi connectivity index (χ0) is 38.4. The van der Waals surface area contributed by atoms with Gasteiger partial charge in [-0.2, -0.15) is 17.5 Å². The highest BCUT2D eigenvalue weighted by molar-refractivity contribution is 7.89. The van der Waals surface area contributed by atoms with Crippen molar-refractivity contribution in [2.75, 3.05) is 26.0 Å². The highest BCUT2D eigenvalue weighted by Gasteiger charge is 2.52. The molecule has 2 amide bonds. The molecule has 0 fully saturated rings. The number of amides is 2. The molecule has 52 heavy (non-hydrogen) atoms. The zero-order valence-corrected chi connectivity index (χ0v) is 30.7. The van der Waals surface area contributed by atoms with Crippen LogP contribution >= 0.6 is 11.3 Å². The van der Waals surface area contributed by atoms with Crippen molar-refractivity contribution in [1.82, 2.24) is 14.2 Å². The number of nitrogens with zero attached hydrogens (tertiary/aromatic N) is 3. The third-order valence-corrected chi connectivity index (χ3v) is 11.4. The van der Waals surface area contributed by atoms with Crippen LogP contribution in [-0.4, -0.2) is 72.2 Å². The molecule has 0 bridgehead atoms. The summed E-state index contributed by atoms with van der Waals surface area (Å²) < 4.78 is 79.1. The fraction of sp³-hybridized carbons (Fsp3) is 0.361. The number of alkyl halides is 3. The van der Waals surface area contributed by atoms with Crippen molar-refractivity contribution >= 4 is 39.0 Å². The van der Waals surface area contributed by atoms with E-state index in [1.807, 2.05) is 20.8 Å². The van der Waals surface area contributed by atoms with Crippen LogP contribution < -0.4 is 11.5 Å². The number of hydrogen-bond acceptors (Lipinski definition) is 10. The van der Waals surface area contributed by atoms with Gasteiger partial charge >= 0.3 is 12.3 Å². The number of halogens is 3. The summed E-state index contributed by atoms with van der Waals surface area (Å²) in [5, 5.41) is 10.2. The number of pyridine rings is 1. The number of carbonyl (C=O) groups excluding carboxylic acids is 2. The van der Waals surface area contributed by atoms with Gasteiger partial charge in [-0.3, -0.25) is 4.79 Å². The smallest absolute Gasteiger partial charge is 0.417 e. The number of imide groups is 1. The van der Waals surface area contributed by atoms with Gasteiger partial charge in [0.15, 0.2) is 11.1 Å². The Kier molecular flexibility index (Phi) is 12.9. The number of aromatic nitrogens is 1. The minimum Gasteiger partial charge on any atom is -0.452 e. The lowest BCUT2D eigenvalue weighted by atomic mass is 9.84. The van der Waals surface area contributed by atoms with E-state index in [-0.39, 0.29) is 32.5 Å². The first kappa shape index (κ1) is 40.4. The number of nitrogens with two attached hydrogens (primary N) is 2. The van der Waals surface area contributed by atoms with Crippen LogP contribution in [0, 0.1) is 5.41 Å². The van der Waals surface area contributed by atoms with E-state index in [1.165, 1.54) is 18.2 Å². The zero-order valence-electron chi connectivity index (χ0n) is 29.0. The number of aliphatic hydroxyl groups excluding tert-OH is 1. The summed E-state index contributed by atoms with van der Waals surface area (Å²) >= 11 is 0.493. The largest absolute Gasteiger partial charge is 0.452 e. The topological polar surface area (TPSA) is 169 Å². The number of sulfonamides is 1. The minimum atomic E-state index is -5.23. The van der Waals surface area contributed by atoms with Crippen LogP contribution in [0.1, 0.15) is 66.1 Å². The molecule has 4 rings (SSSR count). The van der Waals surface area contributed by atoms with E-state index >= 15 is 13.2 Å². The van der Waals surface area contributed by atoms with Crippen LogP contribution in [0.25, 0.3) is 0 Å². The molecule has 11 nitrogen and oxygen atoms in total. The average molecular weight is 762 g/mol. The third-order valence-electron chi connectivity index (χ3n) is 8.32. The molecule has 5 N–H and O–H groups in total. The number of hydrogen-bond donors (Lipinski definition) is 3. The standard InChI is InChI=1S/C36H42F3N5O6S2/c1-35(2,3)19-20-43(52(48,49)29-18-15-25(40)21-42-29)26(22-45)27-16-17-28(51-27)32(36(37,38)39)44(34(47)50-4)33(46)31(41)30(23-11-7-5-8-12-23)24-13-9-6-10-14-24/h5-18,21,26,30-32,45H,19-20,22,40-41H2,1-4H3/t26-,31+,32-/m1/s1. The maximum absolute atomic E-state index is 15.2. The van der Waals surface area contributed by atoms with Crippen LogP contribution in [0.2, 0.25) is 0 Å². The quantitative estimate of drug-likeness (QED) is 0.143. The predicted octanol–water partition coefficient (Wildman–Crippen LogP) is 6.24. The summed E-state index contributed by atoms with van der Waals surface area (Å²) in [6.07, 6.45) is -5.36. The lowest BCUT2D eigenvalue weighted by molar-refractivity contribution is -0.186. The van der Waals surface area contributed by atoms with Crippen LogP contribution in [-0.2, 0) is 19.6 Å². The molecule has 280 valence electrons. The van der Waals surface area contributed by atoms with Crippen LogP contribution in [0.15, 0.2) is 96.2 Å². The Labute approximate surface area is 305 Å². The third kappa shape index (κ3) is 9.35. The van der Waals surface area contributed by atoms with Crippen molar-refractivity contribution in [2.24, 2.45) is 11.1 Å². The Morgan fingerprint density at radius 2 is 1.48 bits per heavy atom. The lowest BCUT2D eigenvalue weighted by Gasteiger charge is -2.34. The molecule has 0 aliphatic rings. The summed E-state index contributed by atoms with van der Waals surface area (Å²) in [6, 6.07) is 15.8. The molecule has 0 radical (unpaired) electrons. The summed E-state index contributed by atoms with van der Waals surface area (Å²) in [6.45, 7) is 4.71. The van der Waals surface area contributed by atoms with Gasteiger partial charge in [-0.1, -0.05) is 81.4 Å². The minimum absolute atomic E-state index is 0.0210. The van der Waals surface area contributed by atoms with Crippen LogP contribution in [0.5, 0.6) is 0 Å². The number of methoxy groups -OCH3 is 1. The van der Waals surface area contributed by atoms with Gasteiger partial charge in [0.2, 0.25) is 0 Å². The summed E-state index contributed by atoms with van der Waals surface area (Å²) in [7, 11) is -3.58. The number of rotatable bonds is 13. The highest BCUT2D eigenvalue weighted by atomic mass is 32.2. The van der Waals surface area contributed by atoms with E-state index in [2.05, 4.69) is 4.98 Å². The molecule has 4 aromatic rings. The molecule has 2 heterocycles. The number of aliphatic hydroxyl groups is 1. The molecule has 2 aromatic heterocycles. The Morgan fingerprint density at radius 3 is 1.94 bits per heavy atom. The van der Waals surface area contributed by atoms with Gasteiger partial charge in [-0.15, -0.1) is 11.3 Å². The van der Waals surface area contributed by atoms with Crippen molar-refractivity contribution < 1.29 is 41.0 Å². The second-order valence-electron chi connectivity index (χ2n) is 13.2. The number of benzene rings is 2. The van der Waals surface area contributed by atoms with Crippen molar-refractivity contribution in [2.45, 2.75) is 62.4 Å². The summed E-state index contributed by atoms with van der Waals surface area (Å²) in [5.41, 5.74) is 13.1. The van der Waals surface area contributed by atoms with Crippen LogP contribution in [0.4, 0.5) is 23.7 Å². The Balaban J connectivity index is 1.80.